The van der Waals surface area contributed by atoms with Gasteiger partial charge in [-0.05, 0) is 49.2 Å². The number of rotatable bonds is 4. The number of carbonyl (C=O) groups excluding carboxylic acids is 2. The van der Waals surface area contributed by atoms with Gasteiger partial charge >= 0.3 is 6.18 Å². The van der Waals surface area contributed by atoms with Crippen LogP contribution in [0.5, 0.6) is 0 Å². The molecule has 2 fully saturated rings. The number of amides is 2. The average Bonchev–Trinajstić information content (AvgIpc) is 2.95. The molecule has 0 spiro atoms. The van der Waals surface area contributed by atoms with Crippen LogP contribution >= 0.6 is 12.2 Å². The number of carbonyl (C=O) groups is 2. The minimum absolute atomic E-state index is 0.0461. The number of hydrogen-bond donors (Lipinski definition) is 0. The first-order valence-corrected chi connectivity index (χ1v) is 10.6. The molecule has 3 rings (SSSR count). The van der Waals surface area contributed by atoms with Crippen molar-refractivity contribution in [2.75, 3.05) is 18.0 Å². The Labute approximate surface area is 189 Å². The topological polar surface area (TPSA) is 67.7 Å². The van der Waals surface area contributed by atoms with Crippen LogP contribution in [-0.2, 0) is 15.8 Å². The lowest BCUT2D eigenvalue weighted by Gasteiger charge is -2.37. The third-order valence-electron chi connectivity index (χ3n) is 5.59. The fourth-order valence-electron chi connectivity index (χ4n) is 4.00. The summed E-state index contributed by atoms with van der Waals surface area (Å²) in [7, 11) is 0. The molecule has 2 aliphatic heterocycles. The second-order valence-corrected chi connectivity index (χ2v) is 8.65. The molecule has 0 atom stereocenters. The Morgan fingerprint density at radius 1 is 1.31 bits per heavy atom. The molecule has 10 heteroatoms. The van der Waals surface area contributed by atoms with Gasteiger partial charge in [-0.1, -0.05) is 20.4 Å². The molecule has 0 bridgehead atoms. The maximum absolute atomic E-state index is 13.4. The van der Waals surface area contributed by atoms with Crippen molar-refractivity contribution >= 4 is 34.8 Å². The molecule has 0 N–H and O–H groups in total. The Morgan fingerprint density at radius 3 is 2.47 bits per heavy atom. The highest BCUT2D eigenvalue weighted by Crippen LogP contribution is 2.37. The first-order chi connectivity index (χ1) is 15.0. The van der Waals surface area contributed by atoms with Gasteiger partial charge < -0.3 is 9.80 Å². The summed E-state index contributed by atoms with van der Waals surface area (Å²) in [5.41, 5.74) is -1.65. The molecule has 170 valence electrons. The van der Waals surface area contributed by atoms with Gasteiger partial charge in [0.05, 0.1) is 22.9 Å². The van der Waals surface area contributed by atoms with Crippen molar-refractivity contribution in [2.24, 2.45) is 5.92 Å². The van der Waals surface area contributed by atoms with E-state index >= 15 is 0 Å². The van der Waals surface area contributed by atoms with Gasteiger partial charge in [0, 0.05) is 25.6 Å². The molecule has 0 saturated carbocycles. The van der Waals surface area contributed by atoms with Gasteiger partial charge in [-0.15, -0.1) is 0 Å². The second-order valence-electron chi connectivity index (χ2n) is 8.29. The SMILES string of the molecule is C=C1C(=O)N(c2ccc(C#N)c(C(F)(F)F)c2)C(=S)N1C1CCN(C(=O)CC(C)C)CC1. The van der Waals surface area contributed by atoms with Crippen molar-refractivity contribution in [1.82, 2.24) is 9.80 Å². The molecular formula is C22H23F3N4O2S. The molecule has 2 amide bonds. The van der Waals surface area contributed by atoms with E-state index in [2.05, 4.69) is 6.58 Å². The fourth-order valence-corrected chi connectivity index (χ4v) is 4.45. The molecule has 6 nitrogen and oxygen atoms in total. The molecule has 0 unspecified atom stereocenters. The van der Waals surface area contributed by atoms with E-state index in [1.165, 1.54) is 12.1 Å². The molecule has 32 heavy (non-hydrogen) atoms. The highest BCUT2D eigenvalue weighted by Gasteiger charge is 2.43. The van der Waals surface area contributed by atoms with E-state index in [1.54, 1.807) is 9.80 Å². The van der Waals surface area contributed by atoms with Gasteiger partial charge in [0.2, 0.25) is 5.91 Å². The maximum atomic E-state index is 13.4. The number of hydrogen-bond acceptors (Lipinski definition) is 4. The first-order valence-electron chi connectivity index (χ1n) is 10.2. The Kier molecular flexibility index (Phi) is 6.60. The zero-order valence-corrected chi connectivity index (χ0v) is 18.6. The molecule has 0 aromatic heterocycles. The standard InChI is InChI=1S/C22H23F3N4O2S/c1-13(2)10-19(30)27-8-6-16(7-9-27)28-14(3)20(31)29(21(28)32)17-5-4-15(12-26)18(11-17)22(23,24)25/h4-5,11,13,16H,3,6-10H2,1-2H3. The lowest BCUT2D eigenvalue weighted by Crippen LogP contribution is -2.47. The summed E-state index contributed by atoms with van der Waals surface area (Å²) < 4.78 is 40.1. The van der Waals surface area contributed by atoms with Crippen LogP contribution in [0.2, 0.25) is 0 Å². The van der Waals surface area contributed by atoms with E-state index in [1.807, 2.05) is 13.8 Å². The molecule has 1 aromatic rings. The van der Waals surface area contributed by atoms with Gasteiger partial charge in [-0.2, -0.15) is 18.4 Å². The summed E-state index contributed by atoms with van der Waals surface area (Å²) in [4.78, 5) is 29.6. The van der Waals surface area contributed by atoms with Crippen LogP contribution in [0.1, 0.15) is 44.2 Å². The van der Waals surface area contributed by atoms with Crippen LogP contribution < -0.4 is 4.90 Å². The van der Waals surface area contributed by atoms with Gasteiger partial charge in [-0.3, -0.25) is 14.5 Å². The summed E-state index contributed by atoms with van der Waals surface area (Å²) in [5, 5.41) is 9.04. The fraction of sp³-hybridized carbons (Fsp3) is 0.455. The van der Waals surface area contributed by atoms with Crippen LogP contribution in [0.4, 0.5) is 18.9 Å². The van der Waals surface area contributed by atoms with Gasteiger partial charge in [0.15, 0.2) is 5.11 Å². The minimum atomic E-state index is -4.75. The monoisotopic (exact) mass is 464 g/mol. The lowest BCUT2D eigenvalue weighted by atomic mass is 10.0. The third-order valence-corrected chi connectivity index (χ3v) is 5.97. The largest absolute Gasteiger partial charge is 0.417 e. The van der Waals surface area contributed by atoms with Crippen molar-refractivity contribution in [3.8, 4) is 6.07 Å². The minimum Gasteiger partial charge on any atom is -0.343 e. The average molecular weight is 465 g/mol. The normalized spacial score (nSPS) is 18.0. The van der Waals surface area contributed by atoms with E-state index in [0.29, 0.717) is 32.4 Å². The smallest absolute Gasteiger partial charge is 0.343 e. The molecule has 2 heterocycles. The van der Waals surface area contributed by atoms with Crippen LogP contribution in [0, 0.1) is 17.2 Å². The molecule has 1 aromatic carbocycles. The highest BCUT2D eigenvalue weighted by molar-refractivity contribution is 7.80. The molecule has 0 aliphatic carbocycles. The predicted octanol–water partition coefficient (Wildman–Crippen LogP) is 4.06. The molecular weight excluding hydrogens is 441 g/mol. The van der Waals surface area contributed by atoms with E-state index in [9.17, 15) is 22.8 Å². The number of nitriles is 1. The molecule has 2 saturated heterocycles. The number of likely N-dealkylation sites (tertiary alicyclic amines) is 1. The third kappa shape index (κ3) is 4.48. The zero-order valence-electron chi connectivity index (χ0n) is 17.8. The summed E-state index contributed by atoms with van der Waals surface area (Å²) in [6.07, 6.45) is -3.17. The Morgan fingerprint density at radius 2 is 1.94 bits per heavy atom. The maximum Gasteiger partial charge on any atom is 0.417 e. The van der Waals surface area contributed by atoms with Crippen LogP contribution in [-0.4, -0.2) is 45.9 Å². The number of benzene rings is 1. The van der Waals surface area contributed by atoms with Crippen LogP contribution in [0.3, 0.4) is 0 Å². The van der Waals surface area contributed by atoms with E-state index in [-0.39, 0.29) is 34.4 Å². The summed E-state index contributed by atoms with van der Waals surface area (Å²) >= 11 is 5.46. The van der Waals surface area contributed by atoms with Crippen molar-refractivity contribution < 1.29 is 22.8 Å². The van der Waals surface area contributed by atoms with E-state index in [4.69, 9.17) is 17.5 Å². The Balaban J connectivity index is 1.81. The number of alkyl halides is 3. The second kappa shape index (κ2) is 8.90. The first kappa shape index (κ1) is 23.7. The summed E-state index contributed by atoms with van der Waals surface area (Å²) in [6, 6.07) is 4.38. The van der Waals surface area contributed by atoms with Crippen molar-refractivity contribution in [1.29, 1.82) is 5.26 Å². The molecule has 2 aliphatic rings. The zero-order chi connectivity index (χ0) is 23.8. The van der Waals surface area contributed by atoms with E-state index < -0.39 is 23.2 Å². The predicted molar refractivity (Wildman–Crippen MR) is 116 cm³/mol. The number of thiocarbonyl (C=S) groups is 1. The highest BCUT2D eigenvalue weighted by atomic mass is 32.1. The number of halogens is 3. The van der Waals surface area contributed by atoms with Gasteiger partial charge in [-0.25, -0.2) is 0 Å². The van der Waals surface area contributed by atoms with Crippen LogP contribution in [0.25, 0.3) is 0 Å². The molecule has 0 radical (unpaired) electrons. The number of piperidine rings is 1. The van der Waals surface area contributed by atoms with Crippen molar-refractivity contribution in [2.45, 2.75) is 45.3 Å². The Bertz CT molecular complexity index is 1010. The van der Waals surface area contributed by atoms with Crippen molar-refractivity contribution in [3.05, 3.63) is 41.6 Å². The van der Waals surface area contributed by atoms with Crippen LogP contribution in [0.15, 0.2) is 30.5 Å². The summed E-state index contributed by atoms with van der Waals surface area (Å²) in [5.74, 6) is -0.270. The lowest BCUT2D eigenvalue weighted by molar-refractivity contribution is -0.137. The summed E-state index contributed by atoms with van der Waals surface area (Å²) in [6.45, 7) is 8.77. The van der Waals surface area contributed by atoms with Crippen molar-refractivity contribution in [3.63, 3.8) is 0 Å². The Hall–Kier alpha value is -2.93. The number of nitrogens with zero attached hydrogens (tertiary/aromatic N) is 4. The van der Waals surface area contributed by atoms with Gasteiger partial charge in [0.1, 0.15) is 5.70 Å². The quantitative estimate of drug-likeness (QED) is 0.497. The number of anilines is 1. The van der Waals surface area contributed by atoms with Gasteiger partial charge in [0.25, 0.3) is 5.91 Å². The van der Waals surface area contributed by atoms with E-state index in [0.717, 1.165) is 17.0 Å².